The topological polar surface area (TPSA) is 112 Å². The molecule has 0 unspecified atom stereocenters. The third-order valence-electron chi connectivity index (χ3n) is 7.33. The molecule has 5 rings (SSSR count). The van der Waals surface area contributed by atoms with Gasteiger partial charge in [-0.3, -0.25) is 4.84 Å². The molecule has 2 bridgehead atoms. The predicted octanol–water partition coefficient (Wildman–Crippen LogP) is 4.56. The molecule has 10 nitrogen and oxygen atoms in total. The summed E-state index contributed by atoms with van der Waals surface area (Å²) in [4.78, 5) is 34.2. The van der Waals surface area contributed by atoms with E-state index in [1.165, 1.54) is 5.06 Å². The van der Waals surface area contributed by atoms with Gasteiger partial charge < -0.3 is 19.3 Å². The molecule has 1 aromatic heterocycles. The van der Waals surface area contributed by atoms with Crippen LogP contribution in [0.1, 0.15) is 82.2 Å². The Kier molecular flexibility index (Phi) is 6.16. The zero-order valence-electron chi connectivity index (χ0n) is 20.5. The smallest absolute Gasteiger partial charge is 0.407 e. The summed E-state index contributed by atoms with van der Waals surface area (Å²) in [6.07, 6.45) is 2.83. The second-order valence-corrected chi connectivity index (χ2v) is 10.7. The highest BCUT2D eigenvalue weighted by atomic mass is 16.7. The van der Waals surface area contributed by atoms with Gasteiger partial charge in [0.25, 0.3) is 0 Å². The lowest BCUT2D eigenvalue weighted by Gasteiger charge is -2.38. The highest BCUT2D eigenvalue weighted by Gasteiger charge is 2.48. The molecule has 2 saturated heterocycles. The average Bonchev–Trinajstić information content (AvgIpc) is 3.53. The fraction of sp³-hybridized carbons (Fsp3) is 0.600. The number of nitrogens with zero attached hydrogens (tertiary/aromatic N) is 5. The van der Waals surface area contributed by atoms with Gasteiger partial charge in [-0.25, -0.2) is 9.59 Å². The van der Waals surface area contributed by atoms with Crippen LogP contribution in [0.5, 0.6) is 0 Å². The average molecular weight is 484 g/mol. The molecule has 3 heterocycles. The van der Waals surface area contributed by atoms with Crippen molar-refractivity contribution in [3.63, 3.8) is 0 Å². The number of fused-ring (bicyclic) bond motifs is 2. The highest BCUT2D eigenvalue weighted by Crippen LogP contribution is 2.41. The number of benzene rings is 1. The van der Waals surface area contributed by atoms with Gasteiger partial charge in [0, 0.05) is 24.0 Å². The van der Waals surface area contributed by atoms with Crippen molar-refractivity contribution in [2.45, 2.75) is 89.1 Å². The first-order valence-corrected chi connectivity index (χ1v) is 12.3. The van der Waals surface area contributed by atoms with Crippen molar-refractivity contribution >= 4 is 12.1 Å². The minimum absolute atomic E-state index is 0.0137. The third-order valence-corrected chi connectivity index (χ3v) is 7.33. The molecule has 1 saturated carbocycles. The fourth-order valence-corrected chi connectivity index (χ4v) is 5.73. The first-order chi connectivity index (χ1) is 16.7. The van der Waals surface area contributed by atoms with Gasteiger partial charge in [-0.15, -0.1) is 10.2 Å². The Hall–Kier alpha value is -3.14. The van der Waals surface area contributed by atoms with Gasteiger partial charge in [0.05, 0.1) is 6.04 Å². The van der Waals surface area contributed by atoms with Gasteiger partial charge in [-0.1, -0.05) is 30.3 Å². The summed E-state index contributed by atoms with van der Waals surface area (Å²) >= 11 is 0. The molecule has 188 valence electrons. The minimum atomic E-state index is -0.905. The van der Waals surface area contributed by atoms with Crippen LogP contribution in [0.2, 0.25) is 0 Å². The zero-order chi connectivity index (χ0) is 24.7. The fourth-order valence-electron chi connectivity index (χ4n) is 5.73. The maximum atomic E-state index is 13.1. The molecular weight excluding hydrogens is 450 g/mol. The Labute approximate surface area is 204 Å². The number of piperidine rings is 1. The van der Waals surface area contributed by atoms with Crippen molar-refractivity contribution < 1.29 is 24.0 Å². The number of amides is 3. The molecule has 1 N–H and O–H groups in total. The molecule has 1 aromatic carbocycles. The molecular formula is C25H33N5O5. The number of carboxylic acid groups (broad SMARTS) is 1. The molecule has 3 aliphatic rings. The summed E-state index contributed by atoms with van der Waals surface area (Å²) in [6, 6.07) is 9.28. The molecule has 3 fully saturated rings. The van der Waals surface area contributed by atoms with E-state index in [4.69, 9.17) is 9.25 Å². The number of aromatic nitrogens is 2. The van der Waals surface area contributed by atoms with Gasteiger partial charge in [0.2, 0.25) is 11.8 Å². The summed E-state index contributed by atoms with van der Waals surface area (Å²) in [5, 5.41) is 19.9. The van der Waals surface area contributed by atoms with Crippen LogP contribution in [0.15, 0.2) is 34.7 Å². The van der Waals surface area contributed by atoms with E-state index >= 15 is 0 Å². The molecule has 1 aliphatic carbocycles. The summed E-state index contributed by atoms with van der Waals surface area (Å²) in [7, 11) is 0. The summed E-state index contributed by atoms with van der Waals surface area (Å²) in [5.74, 6) is 1.00. The van der Waals surface area contributed by atoms with Crippen LogP contribution in [0.4, 0.5) is 9.59 Å². The Bertz CT molecular complexity index is 1070. The Morgan fingerprint density at radius 2 is 1.89 bits per heavy atom. The largest absolute Gasteiger partial charge is 0.465 e. The van der Waals surface area contributed by atoms with Crippen molar-refractivity contribution in [1.82, 2.24) is 25.1 Å². The molecule has 10 heteroatoms. The Balaban J connectivity index is 1.23. The second kappa shape index (κ2) is 9.14. The van der Waals surface area contributed by atoms with E-state index < -0.39 is 11.6 Å². The first-order valence-electron chi connectivity index (χ1n) is 12.3. The van der Waals surface area contributed by atoms with Crippen molar-refractivity contribution in [3.05, 3.63) is 47.7 Å². The second-order valence-electron chi connectivity index (χ2n) is 10.7. The number of hydrogen-bond donors (Lipinski definition) is 1. The van der Waals surface area contributed by atoms with E-state index in [-0.39, 0.29) is 30.1 Å². The standard InChI is InChI=1S/C25H33N5O5/c1-25(2,3)29(24(32)33)18-10-9-17(13-18)21-26-27-22(35-21)20-12-11-19-14-28(20)23(31)30(19)34-15-16-7-5-4-6-8-16/h4-8,17-20H,9-15H2,1-3H3,(H,32,33)/t17-,18+,19+,20+/m0/s1. The van der Waals surface area contributed by atoms with Crippen LogP contribution < -0.4 is 0 Å². The Morgan fingerprint density at radius 3 is 2.60 bits per heavy atom. The first kappa shape index (κ1) is 23.6. The normalized spacial score (nSPS) is 26.4. The predicted molar refractivity (Wildman–Crippen MR) is 125 cm³/mol. The molecule has 4 atom stereocenters. The molecule has 35 heavy (non-hydrogen) atoms. The van der Waals surface area contributed by atoms with E-state index in [1.54, 1.807) is 9.80 Å². The number of carbonyl (C=O) groups excluding carboxylic acids is 1. The van der Waals surface area contributed by atoms with E-state index in [1.807, 2.05) is 51.1 Å². The van der Waals surface area contributed by atoms with Crippen molar-refractivity contribution in [2.24, 2.45) is 0 Å². The van der Waals surface area contributed by atoms with Gasteiger partial charge in [0.15, 0.2) is 0 Å². The summed E-state index contributed by atoms with van der Waals surface area (Å²) < 4.78 is 6.10. The van der Waals surface area contributed by atoms with E-state index in [2.05, 4.69) is 10.2 Å². The summed E-state index contributed by atoms with van der Waals surface area (Å²) in [6.45, 7) is 6.65. The number of rotatable bonds is 6. The van der Waals surface area contributed by atoms with Crippen LogP contribution in [-0.4, -0.2) is 66.5 Å². The third kappa shape index (κ3) is 4.59. The van der Waals surface area contributed by atoms with Gasteiger partial charge in [-0.05, 0) is 58.4 Å². The maximum absolute atomic E-state index is 13.1. The van der Waals surface area contributed by atoms with Crippen molar-refractivity contribution in [2.75, 3.05) is 6.54 Å². The molecule has 2 aliphatic heterocycles. The molecule has 2 aromatic rings. The molecule has 3 amide bonds. The minimum Gasteiger partial charge on any atom is -0.465 e. The van der Waals surface area contributed by atoms with E-state index in [9.17, 15) is 14.7 Å². The lowest BCUT2D eigenvalue weighted by atomic mass is 10.0. The monoisotopic (exact) mass is 483 g/mol. The number of hydrogen-bond acceptors (Lipinski definition) is 6. The lowest BCUT2D eigenvalue weighted by molar-refractivity contribution is -0.140. The SMILES string of the molecule is CC(C)(C)N(C(=O)O)[C@@H]1CC[C@H](c2nnc([C@H]3CC[C@@H]4CN3C(=O)N4OCc3ccccc3)o2)C1. The summed E-state index contributed by atoms with van der Waals surface area (Å²) in [5.41, 5.74) is 0.534. The van der Waals surface area contributed by atoms with Crippen LogP contribution in [0.3, 0.4) is 0 Å². The molecule has 0 radical (unpaired) electrons. The lowest BCUT2D eigenvalue weighted by Crippen LogP contribution is -2.50. The van der Waals surface area contributed by atoms with Crippen molar-refractivity contribution in [3.8, 4) is 0 Å². The number of urea groups is 1. The quantitative estimate of drug-likeness (QED) is 0.641. The van der Waals surface area contributed by atoms with Crippen LogP contribution in [0.25, 0.3) is 0 Å². The zero-order valence-corrected chi connectivity index (χ0v) is 20.5. The van der Waals surface area contributed by atoms with Crippen molar-refractivity contribution in [1.29, 1.82) is 0 Å². The maximum Gasteiger partial charge on any atom is 0.407 e. The van der Waals surface area contributed by atoms with Crippen LogP contribution in [0, 0.1) is 0 Å². The number of hydroxylamine groups is 2. The van der Waals surface area contributed by atoms with Crippen LogP contribution in [-0.2, 0) is 11.4 Å². The van der Waals surface area contributed by atoms with Gasteiger partial charge >= 0.3 is 12.1 Å². The molecule has 0 spiro atoms. The van der Waals surface area contributed by atoms with E-state index in [0.717, 1.165) is 31.2 Å². The Morgan fingerprint density at radius 1 is 1.14 bits per heavy atom. The number of carbonyl (C=O) groups is 2. The van der Waals surface area contributed by atoms with Crippen LogP contribution >= 0.6 is 0 Å². The van der Waals surface area contributed by atoms with E-state index in [0.29, 0.717) is 31.4 Å². The van der Waals surface area contributed by atoms with Gasteiger partial charge in [0.1, 0.15) is 12.6 Å². The van der Waals surface area contributed by atoms with Gasteiger partial charge in [-0.2, -0.15) is 5.06 Å². The highest BCUT2D eigenvalue weighted by molar-refractivity contribution is 5.77.